The predicted molar refractivity (Wildman–Crippen MR) is 85.3 cm³/mol. The predicted octanol–water partition coefficient (Wildman–Crippen LogP) is 2.65. The van der Waals surface area contributed by atoms with Crippen LogP contribution in [-0.2, 0) is 6.54 Å². The highest BCUT2D eigenvalue weighted by molar-refractivity contribution is 5.48. The van der Waals surface area contributed by atoms with E-state index in [4.69, 9.17) is 4.74 Å². The number of hydrogen-bond donors (Lipinski definition) is 1. The van der Waals surface area contributed by atoms with Gasteiger partial charge in [-0.3, -0.25) is 4.79 Å². The highest BCUT2D eigenvalue weighted by Gasteiger charge is 2.09. The highest BCUT2D eigenvalue weighted by atomic mass is 16.5. The van der Waals surface area contributed by atoms with Crippen molar-refractivity contribution in [1.29, 1.82) is 0 Å². The fourth-order valence-corrected chi connectivity index (χ4v) is 2.29. The molecule has 0 bridgehead atoms. The lowest BCUT2D eigenvalue weighted by Gasteiger charge is -2.16. The maximum Gasteiger partial charge on any atom is 0.186 e. The van der Waals surface area contributed by atoms with Crippen LogP contribution >= 0.6 is 0 Å². The Morgan fingerprint density at radius 1 is 1.29 bits per heavy atom. The number of nitrogens with zero attached hydrogens (tertiary/aromatic N) is 1. The van der Waals surface area contributed by atoms with Crippen LogP contribution in [0.3, 0.4) is 0 Å². The minimum atomic E-state index is 0.0715. The molecule has 21 heavy (non-hydrogen) atoms. The number of rotatable bonds is 6. The van der Waals surface area contributed by atoms with E-state index in [-0.39, 0.29) is 5.43 Å². The van der Waals surface area contributed by atoms with E-state index in [2.05, 4.69) is 12.2 Å². The number of para-hydroxylation sites is 2. The monoisotopic (exact) mass is 286 g/mol. The molecule has 0 aliphatic carbocycles. The quantitative estimate of drug-likeness (QED) is 0.830. The first-order chi connectivity index (χ1) is 10.2. The van der Waals surface area contributed by atoms with Gasteiger partial charge in [0.25, 0.3) is 0 Å². The number of ether oxygens (including phenoxy) is 1. The lowest BCUT2D eigenvalue weighted by molar-refractivity contribution is 0.412. The van der Waals surface area contributed by atoms with Crippen LogP contribution in [0.25, 0.3) is 5.69 Å². The molecular formula is C17H22N2O2. The van der Waals surface area contributed by atoms with Gasteiger partial charge in [-0.05, 0) is 32.0 Å². The third-order valence-electron chi connectivity index (χ3n) is 3.41. The molecule has 1 aromatic heterocycles. The standard InChI is InChI=1S/C17H22N2O2/c1-4-9-18-11-14-12-19(13(2)10-16(14)20)15-7-5-6-8-17(15)21-3/h5-8,10,12,18H,4,9,11H2,1-3H3. The second kappa shape index (κ2) is 7.09. The zero-order chi connectivity index (χ0) is 15.2. The van der Waals surface area contributed by atoms with E-state index in [0.717, 1.165) is 35.7 Å². The van der Waals surface area contributed by atoms with Gasteiger partial charge in [0.1, 0.15) is 5.75 Å². The van der Waals surface area contributed by atoms with E-state index < -0.39 is 0 Å². The van der Waals surface area contributed by atoms with E-state index in [9.17, 15) is 4.79 Å². The van der Waals surface area contributed by atoms with Crippen LogP contribution in [-0.4, -0.2) is 18.2 Å². The van der Waals surface area contributed by atoms with Gasteiger partial charge in [-0.15, -0.1) is 0 Å². The Morgan fingerprint density at radius 3 is 2.76 bits per heavy atom. The molecule has 0 atom stereocenters. The van der Waals surface area contributed by atoms with Gasteiger partial charge >= 0.3 is 0 Å². The van der Waals surface area contributed by atoms with Crippen LogP contribution in [0.2, 0.25) is 0 Å². The molecule has 0 aliphatic rings. The van der Waals surface area contributed by atoms with E-state index in [1.165, 1.54) is 0 Å². The molecule has 0 radical (unpaired) electrons. The van der Waals surface area contributed by atoms with Crippen LogP contribution < -0.4 is 15.5 Å². The topological polar surface area (TPSA) is 43.3 Å². The van der Waals surface area contributed by atoms with Crippen LogP contribution in [0.4, 0.5) is 0 Å². The Kier molecular flexibility index (Phi) is 5.17. The Labute approximate surface area is 125 Å². The Morgan fingerprint density at radius 2 is 2.05 bits per heavy atom. The average Bonchev–Trinajstić information content (AvgIpc) is 2.49. The van der Waals surface area contributed by atoms with E-state index in [1.54, 1.807) is 13.2 Å². The summed E-state index contributed by atoms with van der Waals surface area (Å²) in [6, 6.07) is 9.48. The largest absolute Gasteiger partial charge is 0.495 e. The van der Waals surface area contributed by atoms with Crippen molar-refractivity contribution >= 4 is 0 Å². The molecule has 0 saturated carbocycles. The number of hydrogen-bond acceptors (Lipinski definition) is 3. The van der Waals surface area contributed by atoms with Gasteiger partial charge in [-0.25, -0.2) is 0 Å². The maximum atomic E-state index is 12.1. The summed E-state index contributed by atoms with van der Waals surface area (Å²) < 4.78 is 7.41. The molecule has 0 spiro atoms. The Balaban J connectivity index is 2.43. The molecule has 1 N–H and O–H groups in total. The number of aromatic nitrogens is 1. The van der Waals surface area contributed by atoms with E-state index in [0.29, 0.717) is 6.54 Å². The first kappa shape index (κ1) is 15.3. The van der Waals surface area contributed by atoms with Crippen molar-refractivity contribution in [3.05, 3.63) is 58.0 Å². The zero-order valence-corrected chi connectivity index (χ0v) is 12.8. The zero-order valence-electron chi connectivity index (χ0n) is 12.8. The second-order valence-electron chi connectivity index (χ2n) is 5.02. The van der Waals surface area contributed by atoms with Crippen molar-refractivity contribution < 1.29 is 4.74 Å². The summed E-state index contributed by atoms with van der Waals surface area (Å²) in [5, 5.41) is 3.27. The smallest absolute Gasteiger partial charge is 0.186 e. The van der Waals surface area contributed by atoms with Gasteiger partial charge in [-0.2, -0.15) is 0 Å². The summed E-state index contributed by atoms with van der Waals surface area (Å²) in [6.07, 6.45) is 2.95. The van der Waals surface area contributed by atoms with Crippen molar-refractivity contribution in [2.45, 2.75) is 26.8 Å². The lowest BCUT2D eigenvalue weighted by atomic mass is 10.2. The van der Waals surface area contributed by atoms with Crippen molar-refractivity contribution in [3.8, 4) is 11.4 Å². The third-order valence-corrected chi connectivity index (χ3v) is 3.41. The molecule has 1 heterocycles. The van der Waals surface area contributed by atoms with Gasteiger partial charge in [0.2, 0.25) is 0 Å². The fraction of sp³-hybridized carbons (Fsp3) is 0.353. The van der Waals surface area contributed by atoms with Gasteiger partial charge in [0.15, 0.2) is 5.43 Å². The number of aryl methyl sites for hydroxylation is 1. The molecular weight excluding hydrogens is 264 g/mol. The molecule has 2 aromatic rings. The van der Waals surface area contributed by atoms with Crippen molar-refractivity contribution in [3.63, 3.8) is 0 Å². The highest BCUT2D eigenvalue weighted by Crippen LogP contribution is 2.23. The van der Waals surface area contributed by atoms with E-state index in [1.807, 2.05) is 42.0 Å². The molecule has 4 heteroatoms. The molecule has 0 unspecified atom stereocenters. The van der Waals surface area contributed by atoms with Crippen molar-refractivity contribution in [2.75, 3.05) is 13.7 Å². The lowest BCUT2D eigenvalue weighted by Crippen LogP contribution is -2.22. The summed E-state index contributed by atoms with van der Waals surface area (Å²) in [5.41, 5.74) is 2.67. The van der Waals surface area contributed by atoms with Gasteiger partial charge in [0, 0.05) is 30.1 Å². The summed E-state index contributed by atoms with van der Waals surface area (Å²) in [6.45, 7) is 5.52. The number of benzene rings is 1. The molecule has 0 saturated heterocycles. The van der Waals surface area contributed by atoms with Crippen LogP contribution in [0, 0.1) is 6.92 Å². The van der Waals surface area contributed by atoms with Crippen molar-refractivity contribution in [2.24, 2.45) is 0 Å². The van der Waals surface area contributed by atoms with E-state index >= 15 is 0 Å². The minimum Gasteiger partial charge on any atom is -0.495 e. The normalized spacial score (nSPS) is 10.6. The number of methoxy groups -OCH3 is 1. The van der Waals surface area contributed by atoms with Gasteiger partial charge in [-0.1, -0.05) is 19.1 Å². The molecule has 0 fully saturated rings. The van der Waals surface area contributed by atoms with Crippen LogP contribution in [0.15, 0.2) is 41.3 Å². The third kappa shape index (κ3) is 3.52. The van der Waals surface area contributed by atoms with Gasteiger partial charge in [0.05, 0.1) is 12.8 Å². The maximum absolute atomic E-state index is 12.1. The Bertz CT molecular complexity index is 662. The molecule has 0 aliphatic heterocycles. The average molecular weight is 286 g/mol. The molecule has 2 rings (SSSR count). The summed E-state index contributed by atoms with van der Waals surface area (Å²) >= 11 is 0. The van der Waals surface area contributed by atoms with Crippen LogP contribution in [0.5, 0.6) is 5.75 Å². The second-order valence-corrected chi connectivity index (χ2v) is 5.02. The summed E-state index contributed by atoms with van der Waals surface area (Å²) in [7, 11) is 1.65. The minimum absolute atomic E-state index is 0.0715. The van der Waals surface area contributed by atoms with Gasteiger partial charge < -0.3 is 14.6 Å². The van der Waals surface area contributed by atoms with Crippen molar-refractivity contribution in [1.82, 2.24) is 9.88 Å². The summed E-state index contributed by atoms with van der Waals surface area (Å²) in [5.74, 6) is 0.789. The molecule has 112 valence electrons. The molecule has 1 aromatic carbocycles. The SMILES string of the molecule is CCCNCc1cn(-c2ccccc2OC)c(C)cc1=O. The first-order valence-corrected chi connectivity index (χ1v) is 7.23. The summed E-state index contributed by atoms with van der Waals surface area (Å²) in [4.78, 5) is 12.1. The van der Waals surface area contributed by atoms with Crippen LogP contribution in [0.1, 0.15) is 24.6 Å². The number of pyridine rings is 1. The molecule has 0 amide bonds. The number of nitrogens with one attached hydrogen (secondary N) is 1. The fourth-order valence-electron chi connectivity index (χ4n) is 2.29. The molecule has 4 nitrogen and oxygen atoms in total. The Hall–Kier alpha value is -2.07. The first-order valence-electron chi connectivity index (χ1n) is 7.23.